The molecule has 206 valence electrons. The van der Waals surface area contributed by atoms with Gasteiger partial charge in [-0.3, -0.25) is 19.7 Å². The quantitative estimate of drug-likeness (QED) is 0.215. The lowest BCUT2D eigenvalue weighted by Crippen LogP contribution is -2.29. The lowest BCUT2D eigenvalue weighted by atomic mass is 10.1. The number of benzene rings is 3. The smallest absolute Gasteiger partial charge is 0.273 e. The van der Waals surface area contributed by atoms with Gasteiger partial charge in [0.25, 0.3) is 11.6 Å². The van der Waals surface area contributed by atoms with Crippen LogP contribution >= 0.6 is 11.8 Å². The van der Waals surface area contributed by atoms with Crippen LogP contribution in [0.2, 0.25) is 0 Å². The third-order valence-electron chi connectivity index (χ3n) is 6.20. The van der Waals surface area contributed by atoms with E-state index >= 15 is 0 Å². The molecule has 3 aromatic carbocycles. The number of anilines is 1. The number of hydrazone groups is 1. The third kappa shape index (κ3) is 6.29. The van der Waals surface area contributed by atoms with Gasteiger partial charge >= 0.3 is 0 Å². The molecule has 11 nitrogen and oxygen atoms in total. The fourth-order valence-electron chi connectivity index (χ4n) is 3.89. The number of nitro benzene ring substituents is 1. The van der Waals surface area contributed by atoms with E-state index in [2.05, 4.69) is 10.4 Å². The van der Waals surface area contributed by atoms with Gasteiger partial charge in [0, 0.05) is 18.1 Å². The van der Waals surface area contributed by atoms with Crippen LogP contribution in [0.1, 0.15) is 23.1 Å². The van der Waals surface area contributed by atoms with E-state index in [-0.39, 0.29) is 23.5 Å². The normalized spacial score (nSPS) is 16.0. The number of para-hydroxylation sites is 1. The summed E-state index contributed by atoms with van der Waals surface area (Å²) in [6, 6.07) is 16.8. The average Bonchev–Trinajstić information content (AvgIpc) is 3.23. The maximum atomic E-state index is 13.5. The summed E-state index contributed by atoms with van der Waals surface area (Å²) in [5.41, 5.74) is 3.45. The van der Waals surface area contributed by atoms with Gasteiger partial charge in [0.15, 0.2) is 5.17 Å². The molecule has 0 radical (unpaired) electrons. The zero-order chi connectivity index (χ0) is 28.8. The van der Waals surface area contributed by atoms with Crippen molar-refractivity contribution in [1.29, 1.82) is 0 Å². The van der Waals surface area contributed by atoms with Gasteiger partial charge < -0.3 is 14.8 Å². The number of aryl methyl sites for hydroxylation is 1. The summed E-state index contributed by atoms with van der Waals surface area (Å²) in [7, 11) is 2.89. The highest BCUT2D eigenvalue weighted by atomic mass is 32.2. The second kappa shape index (κ2) is 12.4. The van der Waals surface area contributed by atoms with Gasteiger partial charge in [-0.15, -0.1) is 0 Å². The Balaban J connectivity index is 1.60. The molecule has 1 heterocycles. The number of nitrogens with one attached hydrogen (secondary N) is 1. The average molecular weight is 562 g/mol. The van der Waals surface area contributed by atoms with Crippen molar-refractivity contribution in [2.45, 2.75) is 25.5 Å². The number of methoxy groups -OCH3 is 2. The Hall–Kier alpha value is -4.71. The van der Waals surface area contributed by atoms with Crippen molar-refractivity contribution < 1.29 is 24.0 Å². The van der Waals surface area contributed by atoms with Crippen LogP contribution in [0.3, 0.4) is 0 Å². The number of carbonyl (C=O) groups is 2. The van der Waals surface area contributed by atoms with Crippen LogP contribution in [0.25, 0.3) is 0 Å². The summed E-state index contributed by atoms with van der Waals surface area (Å²) in [5.74, 6) is -0.162. The van der Waals surface area contributed by atoms with Crippen molar-refractivity contribution in [2.24, 2.45) is 10.1 Å². The zero-order valence-corrected chi connectivity index (χ0v) is 23.1. The zero-order valence-electron chi connectivity index (χ0n) is 22.3. The molecule has 2 amide bonds. The summed E-state index contributed by atoms with van der Waals surface area (Å²) in [5, 5.41) is 18.9. The van der Waals surface area contributed by atoms with Crippen molar-refractivity contribution in [1.82, 2.24) is 5.01 Å². The Morgan fingerprint density at radius 1 is 1.10 bits per heavy atom. The number of nitrogens with zero attached hydrogens (tertiary/aromatic N) is 4. The summed E-state index contributed by atoms with van der Waals surface area (Å²) in [4.78, 5) is 41.7. The van der Waals surface area contributed by atoms with E-state index in [1.54, 1.807) is 19.2 Å². The van der Waals surface area contributed by atoms with Crippen molar-refractivity contribution in [3.8, 4) is 11.5 Å². The largest absolute Gasteiger partial charge is 0.496 e. The molecule has 1 N–H and O–H groups in total. The van der Waals surface area contributed by atoms with Crippen LogP contribution in [0.15, 0.2) is 70.8 Å². The lowest BCUT2D eigenvalue weighted by Gasteiger charge is -2.12. The number of hydrogen-bond donors (Lipinski definition) is 1. The standard InChI is InChI=1S/C28H27N5O6S/c1-17-8-7-10-21(18(17)2)31-28-32(29-16-19-9-5-6-11-23(19)38-3)27(35)25(40-28)15-26(34)30-22-13-12-20(33(36)37)14-24(22)39-4/h5-14,16,25H,15H2,1-4H3,(H,30,34)/b29-16-,31-28?/t25-/m1/s1. The number of non-ortho nitro benzene ring substituents is 1. The number of carbonyl (C=O) groups excluding carboxylic acids is 2. The van der Waals surface area contributed by atoms with Gasteiger partial charge in [0.2, 0.25) is 5.91 Å². The second-order valence-electron chi connectivity index (χ2n) is 8.75. The van der Waals surface area contributed by atoms with Crippen LogP contribution in [0.5, 0.6) is 11.5 Å². The summed E-state index contributed by atoms with van der Waals surface area (Å²) in [6.07, 6.45) is 1.33. The van der Waals surface area contributed by atoms with Crippen molar-refractivity contribution in [2.75, 3.05) is 19.5 Å². The van der Waals surface area contributed by atoms with Crippen molar-refractivity contribution >= 4 is 52.0 Å². The molecule has 12 heteroatoms. The number of hydrogen-bond acceptors (Lipinski definition) is 9. The number of thioether (sulfide) groups is 1. The summed E-state index contributed by atoms with van der Waals surface area (Å²) >= 11 is 1.14. The highest BCUT2D eigenvalue weighted by Gasteiger charge is 2.40. The minimum absolute atomic E-state index is 0.133. The molecule has 40 heavy (non-hydrogen) atoms. The molecule has 1 saturated heterocycles. The number of ether oxygens (including phenoxy) is 2. The Morgan fingerprint density at radius 2 is 1.85 bits per heavy atom. The molecule has 1 aliphatic rings. The molecule has 1 aliphatic heterocycles. The Bertz CT molecular complexity index is 1520. The monoisotopic (exact) mass is 561 g/mol. The number of aliphatic imine (C=N–C) groups is 1. The molecule has 4 rings (SSSR count). The first kappa shape index (κ1) is 28.3. The topological polar surface area (TPSA) is 136 Å². The van der Waals surface area contributed by atoms with E-state index in [1.165, 1.54) is 36.5 Å². The third-order valence-corrected chi connectivity index (χ3v) is 7.33. The van der Waals surface area contributed by atoms with Crippen LogP contribution in [-0.4, -0.2) is 52.6 Å². The molecular formula is C28H27N5O6S. The molecule has 3 aromatic rings. The fourth-order valence-corrected chi connectivity index (χ4v) is 4.96. The molecule has 0 saturated carbocycles. The van der Waals surface area contributed by atoms with Crippen LogP contribution in [0.4, 0.5) is 17.1 Å². The molecule has 1 fully saturated rings. The van der Waals surface area contributed by atoms with Gasteiger partial charge in [-0.2, -0.15) is 10.1 Å². The van der Waals surface area contributed by atoms with Gasteiger partial charge in [0.05, 0.1) is 42.8 Å². The molecule has 0 aromatic heterocycles. The first-order chi connectivity index (χ1) is 19.2. The first-order valence-corrected chi connectivity index (χ1v) is 13.0. The van der Waals surface area contributed by atoms with E-state index in [9.17, 15) is 19.7 Å². The maximum absolute atomic E-state index is 13.5. The molecule has 0 aliphatic carbocycles. The molecule has 0 bridgehead atoms. The number of nitro groups is 1. The van der Waals surface area contributed by atoms with Crippen LogP contribution < -0.4 is 14.8 Å². The maximum Gasteiger partial charge on any atom is 0.273 e. The second-order valence-corrected chi connectivity index (χ2v) is 9.92. The van der Waals surface area contributed by atoms with E-state index in [0.29, 0.717) is 22.2 Å². The minimum Gasteiger partial charge on any atom is -0.496 e. The van der Waals surface area contributed by atoms with Crippen molar-refractivity contribution in [3.63, 3.8) is 0 Å². The predicted molar refractivity (Wildman–Crippen MR) is 155 cm³/mol. The number of amides is 2. The Morgan fingerprint density at radius 3 is 2.58 bits per heavy atom. The van der Waals surface area contributed by atoms with E-state index < -0.39 is 22.0 Å². The van der Waals surface area contributed by atoms with Gasteiger partial charge in [-0.25, -0.2) is 4.99 Å². The highest BCUT2D eigenvalue weighted by Crippen LogP contribution is 2.34. The van der Waals surface area contributed by atoms with Crippen LogP contribution in [0, 0.1) is 24.0 Å². The fraction of sp³-hybridized carbons (Fsp3) is 0.214. The molecule has 0 unspecified atom stereocenters. The lowest BCUT2D eigenvalue weighted by molar-refractivity contribution is -0.384. The molecule has 1 atom stereocenters. The number of rotatable bonds is 9. The van der Waals surface area contributed by atoms with Crippen LogP contribution in [-0.2, 0) is 9.59 Å². The Kier molecular flexibility index (Phi) is 8.80. The summed E-state index contributed by atoms with van der Waals surface area (Å²) in [6.45, 7) is 3.92. The summed E-state index contributed by atoms with van der Waals surface area (Å²) < 4.78 is 10.6. The first-order valence-electron chi connectivity index (χ1n) is 12.2. The predicted octanol–water partition coefficient (Wildman–Crippen LogP) is 5.22. The van der Waals surface area contributed by atoms with Gasteiger partial charge in [-0.1, -0.05) is 36.0 Å². The van der Waals surface area contributed by atoms with E-state index in [4.69, 9.17) is 14.5 Å². The number of amidine groups is 1. The van der Waals surface area contributed by atoms with Gasteiger partial charge in [0.1, 0.15) is 16.7 Å². The molecule has 0 spiro atoms. The Labute approximate surface area is 235 Å². The van der Waals surface area contributed by atoms with E-state index in [1.807, 2.05) is 44.2 Å². The van der Waals surface area contributed by atoms with Crippen molar-refractivity contribution in [3.05, 3.63) is 87.5 Å². The minimum atomic E-state index is -0.803. The SMILES string of the molecule is COc1ccccc1/C=N\N1C(=O)[C@@H](CC(=O)Nc2ccc([N+](=O)[O-])cc2OC)SC1=Nc1cccc(C)c1C. The van der Waals surface area contributed by atoms with Gasteiger partial charge in [-0.05, 0) is 49.2 Å². The van der Waals surface area contributed by atoms with E-state index in [0.717, 1.165) is 22.9 Å². The highest BCUT2D eigenvalue weighted by molar-refractivity contribution is 8.15. The molecular weight excluding hydrogens is 534 g/mol.